The molecule has 176 valence electrons. The van der Waals surface area contributed by atoms with E-state index < -0.39 is 61.5 Å². The van der Waals surface area contributed by atoms with Gasteiger partial charge in [-0.05, 0) is 18.2 Å². The molecular formula is C21H28N2O9. The summed E-state index contributed by atoms with van der Waals surface area (Å²) in [4.78, 5) is 48.1. The number of aliphatic hydroxyl groups excluding tert-OH is 1. The van der Waals surface area contributed by atoms with Crippen molar-refractivity contribution in [2.75, 3.05) is 26.7 Å². The number of aliphatic carboxylic acids is 4. The molecule has 0 heterocycles. The SMILES string of the molecule is C=Cc1cccc(C(CO)N(CCN(C)C(CC(=O)O)C(=O)O)C(CC(=O)O)C(=O)O)c1. The highest BCUT2D eigenvalue weighted by atomic mass is 16.4. The fourth-order valence-corrected chi connectivity index (χ4v) is 3.36. The minimum absolute atomic E-state index is 0.0920. The van der Waals surface area contributed by atoms with E-state index in [0.717, 1.165) is 0 Å². The van der Waals surface area contributed by atoms with Gasteiger partial charge in [-0.25, -0.2) is 0 Å². The molecule has 0 amide bonds. The Balaban J connectivity index is 3.30. The number of likely N-dealkylation sites (N-methyl/N-ethyl adjacent to an activating group) is 1. The van der Waals surface area contributed by atoms with E-state index in [4.69, 9.17) is 5.11 Å². The van der Waals surface area contributed by atoms with Gasteiger partial charge in [-0.15, -0.1) is 0 Å². The average molecular weight is 452 g/mol. The molecule has 3 atom stereocenters. The standard InChI is InChI=1S/C21H28N2O9/c1-3-13-5-4-6-14(9-13)17(12-24)23(16(21(31)32)11-19(27)28)8-7-22(2)15(20(29)30)10-18(25)26/h3-6,9,15-17,24H,1,7-8,10-12H2,2H3,(H,25,26)(H,27,28)(H,29,30)(H,31,32). The van der Waals surface area contributed by atoms with Crippen molar-refractivity contribution in [1.82, 2.24) is 9.80 Å². The van der Waals surface area contributed by atoms with Gasteiger partial charge in [0.05, 0.1) is 25.5 Å². The molecule has 11 heteroatoms. The second kappa shape index (κ2) is 12.5. The van der Waals surface area contributed by atoms with Crippen LogP contribution in [0.15, 0.2) is 30.8 Å². The van der Waals surface area contributed by atoms with Crippen LogP contribution in [0, 0.1) is 0 Å². The lowest BCUT2D eigenvalue weighted by atomic mass is 10.00. The molecule has 0 saturated heterocycles. The second-order valence-electron chi connectivity index (χ2n) is 7.19. The van der Waals surface area contributed by atoms with E-state index >= 15 is 0 Å². The summed E-state index contributed by atoms with van der Waals surface area (Å²) < 4.78 is 0. The van der Waals surface area contributed by atoms with E-state index in [9.17, 15) is 39.6 Å². The molecule has 1 aromatic carbocycles. The van der Waals surface area contributed by atoms with Crippen LogP contribution in [0.3, 0.4) is 0 Å². The Morgan fingerprint density at radius 3 is 2.00 bits per heavy atom. The van der Waals surface area contributed by atoms with Crippen LogP contribution in [0.1, 0.15) is 30.0 Å². The first-order valence-electron chi connectivity index (χ1n) is 9.70. The molecule has 0 bridgehead atoms. The first-order valence-corrected chi connectivity index (χ1v) is 9.70. The molecule has 0 saturated carbocycles. The fraction of sp³-hybridized carbons (Fsp3) is 0.429. The van der Waals surface area contributed by atoms with Gasteiger partial charge in [0, 0.05) is 13.1 Å². The van der Waals surface area contributed by atoms with Crippen LogP contribution in [0.25, 0.3) is 6.08 Å². The summed E-state index contributed by atoms with van der Waals surface area (Å²) in [7, 11) is 1.37. The molecule has 32 heavy (non-hydrogen) atoms. The Labute approximate surface area is 184 Å². The monoisotopic (exact) mass is 452 g/mol. The lowest BCUT2D eigenvalue weighted by Crippen LogP contribution is -2.50. The highest BCUT2D eigenvalue weighted by Crippen LogP contribution is 2.25. The van der Waals surface area contributed by atoms with Crippen molar-refractivity contribution in [2.24, 2.45) is 0 Å². The maximum atomic E-state index is 11.9. The number of hydrogen-bond donors (Lipinski definition) is 5. The second-order valence-corrected chi connectivity index (χ2v) is 7.19. The number of carbonyl (C=O) groups is 4. The molecule has 0 spiro atoms. The van der Waals surface area contributed by atoms with Crippen molar-refractivity contribution in [2.45, 2.75) is 31.0 Å². The predicted molar refractivity (Wildman–Crippen MR) is 113 cm³/mol. The largest absolute Gasteiger partial charge is 0.481 e. The van der Waals surface area contributed by atoms with E-state index in [1.165, 1.54) is 16.8 Å². The summed E-state index contributed by atoms with van der Waals surface area (Å²) >= 11 is 0. The van der Waals surface area contributed by atoms with E-state index in [1.807, 2.05) is 0 Å². The summed E-state index contributed by atoms with van der Waals surface area (Å²) in [5.74, 6) is -5.46. The predicted octanol–water partition coefficient (Wildman–Crippen LogP) is 0.453. The van der Waals surface area contributed by atoms with Gasteiger partial charge in [-0.3, -0.25) is 29.0 Å². The summed E-state index contributed by atoms with van der Waals surface area (Å²) in [6, 6.07) is 2.95. The summed E-state index contributed by atoms with van der Waals surface area (Å²) in [5.41, 5.74) is 1.22. The van der Waals surface area contributed by atoms with Crippen LogP contribution in [0.5, 0.6) is 0 Å². The van der Waals surface area contributed by atoms with Gasteiger partial charge in [-0.1, -0.05) is 36.9 Å². The molecule has 1 rings (SSSR count). The average Bonchev–Trinajstić information content (AvgIpc) is 2.72. The highest BCUT2D eigenvalue weighted by molar-refractivity contribution is 5.81. The van der Waals surface area contributed by atoms with Crippen LogP contribution in [0.4, 0.5) is 0 Å². The molecule has 0 aromatic heterocycles. The summed E-state index contributed by atoms with van der Waals surface area (Å²) in [5, 5.41) is 47.2. The van der Waals surface area contributed by atoms with E-state index in [0.29, 0.717) is 11.1 Å². The van der Waals surface area contributed by atoms with Crippen molar-refractivity contribution >= 4 is 30.0 Å². The summed E-state index contributed by atoms with van der Waals surface area (Å²) in [6.45, 7) is 2.89. The quantitative estimate of drug-likeness (QED) is 0.250. The molecule has 11 nitrogen and oxygen atoms in total. The Morgan fingerprint density at radius 2 is 1.53 bits per heavy atom. The zero-order valence-electron chi connectivity index (χ0n) is 17.6. The van der Waals surface area contributed by atoms with Crippen LogP contribution in [-0.2, 0) is 19.2 Å². The van der Waals surface area contributed by atoms with Crippen LogP contribution in [0.2, 0.25) is 0 Å². The Bertz CT molecular complexity index is 842. The number of carboxylic acid groups (broad SMARTS) is 4. The highest BCUT2D eigenvalue weighted by Gasteiger charge is 2.35. The zero-order valence-corrected chi connectivity index (χ0v) is 17.6. The van der Waals surface area contributed by atoms with Gasteiger partial charge in [-0.2, -0.15) is 0 Å². The first-order chi connectivity index (χ1) is 15.0. The molecule has 5 N–H and O–H groups in total. The van der Waals surface area contributed by atoms with Crippen molar-refractivity contribution in [3.8, 4) is 0 Å². The Kier molecular flexibility index (Phi) is 10.5. The lowest BCUT2D eigenvalue weighted by molar-refractivity contribution is -0.152. The third-order valence-electron chi connectivity index (χ3n) is 5.05. The normalized spacial score (nSPS) is 14.0. The van der Waals surface area contributed by atoms with Crippen molar-refractivity contribution in [3.63, 3.8) is 0 Å². The van der Waals surface area contributed by atoms with Gasteiger partial charge < -0.3 is 25.5 Å². The number of hydrogen-bond acceptors (Lipinski definition) is 7. The fourth-order valence-electron chi connectivity index (χ4n) is 3.36. The molecule has 0 aliphatic carbocycles. The molecule has 3 unspecified atom stereocenters. The molecule has 0 aliphatic heterocycles. The Hall–Kier alpha value is -3.28. The van der Waals surface area contributed by atoms with Crippen molar-refractivity contribution in [3.05, 3.63) is 42.0 Å². The number of nitrogens with zero attached hydrogens (tertiary/aromatic N) is 2. The third kappa shape index (κ3) is 7.76. The van der Waals surface area contributed by atoms with Crippen molar-refractivity contribution in [1.29, 1.82) is 0 Å². The minimum atomic E-state index is -1.52. The van der Waals surface area contributed by atoms with Crippen LogP contribution in [-0.4, -0.2) is 98.0 Å². The van der Waals surface area contributed by atoms with E-state index in [-0.39, 0.29) is 13.1 Å². The number of aliphatic hydroxyl groups is 1. The number of benzene rings is 1. The first kappa shape index (κ1) is 26.8. The van der Waals surface area contributed by atoms with Gasteiger partial charge >= 0.3 is 23.9 Å². The van der Waals surface area contributed by atoms with Gasteiger partial charge in [0.25, 0.3) is 0 Å². The van der Waals surface area contributed by atoms with Gasteiger partial charge in [0.15, 0.2) is 0 Å². The molecule has 0 fully saturated rings. The third-order valence-corrected chi connectivity index (χ3v) is 5.05. The molecular weight excluding hydrogens is 424 g/mol. The maximum absolute atomic E-state index is 11.9. The summed E-state index contributed by atoms with van der Waals surface area (Å²) in [6.07, 6.45) is 0.133. The van der Waals surface area contributed by atoms with E-state index in [1.54, 1.807) is 30.3 Å². The number of carboxylic acids is 4. The molecule has 0 aliphatic rings. The molecule has 0 radical (unpaired) electrons. The topological polar surface area (TPSA) is 176 Å². The minimum Gasteiger partial charge on any atom is -0.481 e. The smallest absolute Gasteiger partial charge is 0.321 e. The van der Waals surface area contributed by atoms with Gasteiger partial charge in [0.2, 0.25) is 0 Å². The lowest BCUT2D eigenvalue weighted by Gasteiger charge is -2.36. The van der Waals surface area contributed by atoms with Crippen LogP contribution < -0.4 is 0 Å². The van der Waals surface area contributed by atoms with Crippen LogP contribution >= 0.6 is 0 Å². The van der Waals surface area contributed by atoms with E-state index in [2.05, 4.69) is 6.58 Å². The maximum Gasteiger partial charge on any atom is 0.321 e. The van der Waals surface area contributed by atoms with Crippen molar-refractivity contribution < 1.29 is 44.7 Å². The zero-order chi connectivity index (χ0) is 24.4. The van der Waals surface area contributed by atoms with Gasteiger partial charge in [0.1, 0.15) is 12.1 Å². The Morgan fingerprint density at radius 1 is 0.969 bits per heavy atom. The number of rotatable bonds is 15. The molecule has 1 aromatic rings.